The van der Waals surface area contributed by atoms with Gasteiger partial charge in [-0.3, -0.25) is 0 Å². The Hall–Kier alpha value is -7.00. The van der Waals surface area contributed by atoms with Crippen LogP contribution in [0.1, 0.15) is 6.85 Å². The first kappa shape index (κ1) is 27.6. The van der Waals surface area contributed by atoms with Gasteiger partial charge in [0.15, 0.2) is 8.07 Å². The molecule has 0 radical (unpaired) electrons. The first-order chi connectivity index (χ1) is 29.9. The third-order valence-corrected chi connectivity index (χ3v) is 16.4. The molecule has 1 aromatic heterocycles. The van der Waals surface area contributed by atoms with E-state index >= 15 is 0 Å². The lowest BCUT2D eigenvalue weighted by molar-refractivity contribution is 1.18. The molecule has 0 aliphatic heterocycles. The summed E-state index contributed by atoms with van der Waals surface area (Å²) in [6.07, 6.45) is 0. The zero-order chi connectivity index (χ0) is 41.4. The molecule has 0 amide bonds. The van der Waals surface area contributed by atoms with Crippen molar-refractivity contribution in [3.63, 3.8) is 0 Å². The summed E-state index contributed by atoms with van der Waals surface area (Å²) in [6, 6.07) is 68.2. The van der Waals surface area contributed by atoms with E-state index in [0.717, 1.165) is 22.1 Å². The van der Waals surface area contributed by atoms with Crippen LogP contribution in [0.2, 0.25) is 0 Å². The Labute approximate surface area is 334 Å². The van der Waals surface area contributed by atoms with Crippen LogP contribution in [-0.4, -0.2) is 12.6 Å². The number of rotatable bonds is 6. The van der Waals surface area contributed by atoms with E-state index in [2.05, 4.69) is 174 Å². The third-order valence-electron chi connectivity index (χ3n) is 11.6. The van der Waals surface area contributed by atoms with Crippen molar-refractivity contribution < 1.29 is 6.85 Å². The molecule has 0 aliphatic rings. The monoisotopic (exact) mass is 732 g/mol. The second-order valence-electron chi connectivity index (χ2n) is 14.4. The number of fused-ring (bicyclic) bond motifs is 10. The van der Waals surface area contributed by atoms with Crippen LogP contribution in [0.15, 0.2) is 224 Å². The van der Waals surface area contributed by atoms with E-state index in [-0.39, 0.29) is 29.7 Å². The van der Waals surface area contributed by atoms with Crippen molar-refractivity contribution in [2.75, 3.05) is 0 Å². The summed E-state index contributed by atoms with van der Waals surface area (Å²) in [6.45, 7) is 0. The zero-order valence-corrected chi connectivity index (χ0v) is 31.4. The van der Waals surface area contributed by atoms with Crippen LogP contribution in [0.4, 0.5) is 0 Å². The normalized spacial score (nSPS) is 13.2. The molecule has 0 aliphatic carbocycles. The Bertz CT molecular complexity index is 3350. The van der Waals surface area contributed by atoms with Gasteiger partial charge in [0.05, 0.1) is 17.9 Å². The molecule has 2 heteroatoms. The maximum absolute atomic E-state index is 8.70. The maximum Gasteiger partial charge on any atom is 0.179 e. The molecule has 11 aromatic rings. The van der Waals surface area contributed by atoms with Gasteiger partial charge in [0.1, 0.15) is 0 Å². The minimum absolute atomic E-state index is 0.191. The van der Waals surface area contributed by atoms with Gasteiger partial charge in [0, 0.05) is 21.8 Å². The van der Waals surface area contributed by atoms with E-state index in [1.807, 2.05) is 24.3 Å². The highest BCUT2D eigenvalue weighted by Crippen LogP contribution is 2.43. The average molecular weight is 733 g/mol. The van der Waals surface area contributed by atoms with Crippen molar-refractivity contribution in [1.29, 1.82) is 0 Å². The molecule has 0 N–H and O–H groups in total. The lowest BCUT2D eigenvalue weighted by atomic mass is 9.92. The number of nitrogens with zero attached hydrogens (tertiary/aromatic N) is 1. The lowest BCUT2D eigenvalue weighted by Gasteiger charge is -2.34. The molecule has 10 aromatic carbocycles. The van der Waals surface area contributed by atoms with E-state index in [0.29, 0.717) is 5.56 Å². The van der Waals surface area contributed by atoms with Gasteiger partial charge >= 0.3 is 0 Å². The molecule has 0 spiro atoms. The fourth-order valence-corrected chi connectivity index (χ4v) is 14.0. The van der Waals surface area contributed by atoms with Gasteiger partial charge in [-0.25, -0.2) is 0 Å². The molecule has 0 unspecified atom stereocenters. The molecule has 56 heavy (non-hydrogen) atoms. The topological polar surface area (TPSA) is 4.93 Å². The van der Waals surface area contributed by atoms with Crippen molar-refractivity contribution in [1.82, 2.24) is 4.57 Å². The molecule has 11 rings (SSSR count). The summed E-state index contributed by atoms with van der Waals surface area (Å²) < 4.78 is 44.6. The molecule has 1 heterocycles. The Morgan fingerprint density at radius 2 is 0.821 bits per heavy atom. The third kappa shape index (κ3) is 4.86. The van der Waals surface area contributed by atoms with E-state index < -0.39 is 14.1 Å². The molecule has 0 saturated heterocycles. The first-order valence-corrected chi connectivity index (χ1v) is 21.0. The first-order valence-electron chi connectivity index (χ1n) is 21.5. The summed E-state index contributed by atoms with van der Waals surface area (Å²) in [5.74, 6) is 0. The summed E-state index contributed by atoms with van der Waals surface area (Å²) in [7, 11) is -2.91. The van der Waals surface area contributed by atoms with Crippen LogP contribution in [0.5, 0.6) is 0 Å². The molecule has 1 nitrogen and oxygen atoms in total. The molecule has 0 bridgehead atoms. The van der Waals surface area contributed by atoms with E-state index in [1.165, 1.54) is 58.5 Å². The molecule has 262 valence electrons. The van der Waals surface area contributed by atoms with Crippen molar-refractivity contribution >= 4 is 82.9 Å². The summed E-state index contributed by atoms with van der Waals surface area (Å²) in [5, 5.41) is 14.7. The SMILES string of the molecule is [2H]c1c([2H])c([2H])c(-c2ccc(-n3c4cc([Si](c5ccccc5)(c5ccccc5)c5ccccc5)ccc4c4c5c6ccccc6c6ccccc6c5ccc43)cc2)c([2H])c1[2H]. The van der Waals surface area contributed by atoms with Crippen LogP contribution in [0.3, 0.4) is 0 Å². The summed E-state index contributed by atoms with van der Waals surface area (Å²) in [5.41, 5.74) is 3.78. The van der Waals surface area contributed by atoms with Crippen LogP contribution in [-0.2, 0) is 0 Å². The largest absolute Gasteiger partial charge is 0.309 e. The van der Waals surface area contributed by atoms with E-state index in [4.69, 9.17) is 6.85 Å². The number of benzene rings is 10. The molecular weight excluding hydrogens is 691 g/mol. The van der Waals surface area contributed by atoms with Crippen LogP contribution >= 0.6 is 0 Å². The van der Waals surface area contributed by atoms with Crippen molar-refractivity contribution in [2.24, 2.45) is 0 Å². The predicted molar refractivity (Wildman–Crippen MR) is 242 cm³/mol. The Morgan fingerprint density at radius 3 is 1.39 bits per heavy atom. The van der Waals surface area contributed by atoms with Gasteiger partial charge in [0.2, 0.25) is 0 Å². The highest BCUT2D eigenvalue weighted by molar-refractivity contribution is 7.20. The van der Waals surface area contributed by atoms with Crippen LogP contribution in [0, 0.1) is 0 Å². The highest BCUT2D eigenvalue weighted by atomic mass is 28.3. The highest BCUT2D eigenvalue weighted by Gasteiger charge is 2.41. The summed E-state index contributed by atoms with van der Waals surface area (Å²) in [4.78, 5) is 0. The molecule has 0 saturated carbocycles. The fraction of sp³-hybridized carbons (Fsp3) is 0. The van der Waals surface area contributed by atoms with Crippen molar-refractivity contribution in [3.8, 4) is 16.8 Å². The summed E-state index contributed by atoms with van der Waals surface area (Å²) >= 11 is 0. The Balaban J connectivity index is 1.28. The fourth-order valence-electron chi connectivity index (χ4n) is 9.25. The van der Waals surface area contributed by atoms with Gasteiger partial charge in [0.25, 0.3) is 0 Å². The second-order valence-corrected chi connectivity index (χ2v) is 18.2. The molecule has 0 fully saturated rings. The predicted octanol–water partition coefficient (Wildman–Crippen LogP) is 11.3. The number of hydrogen-bond acceptors (Lipinski definition) is 0. The van der Waals surface area contributed by atoms with Gasteiger partial charge in [-0.1, -0.05) is 200 Å². The van der Waals surface area contributed by atoms with Gasteiger partial charge in [-0.15, -0.1) is 0 Å². The number of hydrogen-bond donors (Lipinski definition) is 0. The van der Waals surface area contributed by atoms with Crippen LogP contribution in [0.25, 0.3) is 70.9 Å². The second kappa shape index (κ2) is 13.1. The van der Waals surface area contributed by atoms with E-state index in [1.54, 1.807) is 0 Å². The minimum Gasteiger partial charge on any atom is -0.309 e. The van der Waals surface area contributed by atoms with E-state index in [9.17, 15) is 0 Å². The Kier molecular flexibility index (Phi) is 6.44. The van der Waals surface area contributed by atoms with Crippen LogP contribution < -0.4 is 20.7 Å². The quantitative estimate of drug-likeness (QED) is 0.0911. The standard InChI is InChI=1S/C54H37NSi/c1-5-17-38(18-6-1)39-29-31-40(32-30-39)55-51-36-35-49-47-27-14-13-25-45(47)46-26-15-16-28-48(46)53(49)54(51)50-34-33-44(37-52(50)55)56(41-19-7-2-8-20-41,42-21-9-3-10-22-42)43-23-11-4-12-24-43/h1-37H/i1D,5D,6D,17D,18D. The van der Waals surface area contributed by atoms with Gasteiger partial charge in [-0.2, -0.15) is 0 Å². The minimum atomic E-state index is -2.91. The zero-order valence-electron chi connectivity index (χ0n) is 35.4. The molecular formula is C54H37NSi. The lowest BCUT2D eigenvalue weighted by Crippen LogP contribution is -2.74. The van der Waals surface area contributed by atoms with Gasteiger partial charge < -0.3 is 4.57 Å². The maximum atomic E-state index is 8.70. The smallest absolute Gasteiger partial charge is 0.179 e. The Morgan fingerprint density at radius 1 is 0.339 bits per heavy atom. The van der Waals surface area contributed by atoms with Crippen molar-refractivity contribution in [3.05, 3.63) is 224 Å². The van der Waals surface area contributed by atoms with Gasteiger partial charge in [-0.05, 0) is 83.1 Å². The average Bonchev–Trinajstić information content (AvgIpc) is 3.66. The van der Waals surface area contributed by atoms with Crippen molar-refractivity contribution in [2.45, 2.75) is 0 Å². The number of aromatic nitrogens is 1. The molecule has 0 atom stereocenters.